The number of rotatable bonds is 4. The Balaban J connectivity index is 2.00. The van der Waals surface area contributed by atoms with Crippen LogP contribution in [-0.4, -0.2) is 9.97 Å². The largest absolute Gasteiger partial charge is 0.305 e. The number of aryl methyl sites for hydroxylation is 2. The lowest BCUT2D eigenvalue weighted by Crippen LogP contribution is -2.19. The fraction of sp³-hybridized carbons (Fsp3) is 0.333. The Morgan fingerprint density at radius 3 is 2.67 bits per heavy atom. The minimum atomic E-state index is 0.321. The minimum Gasteiger partial charge on any atom is -0.305 e. The normalized spacial score (nSPS) is 12.4. The number of nitrogens with zero attached hydrogens (tertiary/aromatic N) is 2. The van der Waals surface area contributed by atoms with Crippen LogP contribution in [-0.2, 0) is 6.54 Å². The molecule has 0 aliphatic rings. The van der Waals surface area contributed by atoms with Crippen LogP contribution in [0.3, 0.4) is 0 Å². The van der Waals surface area contributed by atoms with Crippen LogP contribution in [0.5, 0.6) is 0 Å². The molecule has 0 bridgehead atoms. The Morgan fingerprint density at radius 1 is 1.17 bits per heavy atom. The van der Waals surface area contributed by atoms with Crippen molar-refractivity contribution in [2.24, 2.45) is 0 Å². The van der Waals surface area contributed by atoms with E-state index in [1.165, 1.54) is 11.1 Å². The molecule has 0 aliphatic heterocycles. The van der Waals surface area contributed by atoms with E-state index in [1.807, 2.05) is 13.0 Å². The van der Waals surface area contributed by atoms with Crippen LogP contribution in [0.1, 0.15) is 35.6 Å². The molecule has 3 nitrogen and oxygen atoms in total. The molecule has 0 saturated carbocycles. The van der Waals surface area contributed by atoms with Gasteiger partial charge in [-0.15, -0.1) is 0 Å². The summed E-state index contributed by atoms with van der Waals surface area (Å²) in [5.74, 6) is 0.817. The van der Waals surface area contributed by atoms with Gasteiger partial charge in [0.15, 0.2) is 0 Å². The van der Waals surface area contributed by atoms with E-state index >= 15 is 0 Å². The van der Waals surface area contributed by atoms with Crippen molar-refractivity contribution in [3.63, 3.8) is 0 Å². The lowest BCUT2D eigenvalue weighted by atomic mass is 10.0. The van der Waals surface area contributed by atoms with Crippen LogP contribution in [0.2, 0.25) is 0 Å². The van der Waals surface area contributed by atoms with Crippen LogP contribution in [0.4, 0.5) is 0 Å². The van der Waals surface area contributed by atoms with Crippen molar-refractivity contribution in [3.8, 4) is 0 Å². The highest BCUT2D eigenvalue weighted by Crippen LogP contribution is 2.16. The predicted molar refractivity (Wildman–Crippen MR) is 73.2 cm³/mol. The SMILES string of the molecule is Cc1nccc(CNC(C)c2ccccc2C)n1. The Morgan fingerprint density at radius 2 is 1.94 bits per heavy atom. The highest BCUT2D eigenvalue weighted by atomic mass is 14.9. The lowest BCUT2D eigenvalue weighted by molar-refractivity contribution is 0.564. The summed E-state index contributed by atoms with van der Waals surface area (Å²) in [6, 6.07) is 10.7. The first-order valence-electron chi connectivity index (χ1n) is 6.24. The highest BCUT2D eigenvalue weighted by molar-refractivity contribution is 5.28. The summed E-state index contributed by atoms with van der Waals surface area (Å²) in [6.45, 7) is 6.99. The van der Waals surface area contributed by atoms with Gasteiger partial charge in [-0.25, -0.2) is 9.97 Å². The Bertz CT molecular complexity index is 523. The molecule has 0 radical (unpaired) electrons. The van der Waals surface area contributed by atoms with Crippen LogP contribution < -0.4 is 5.32 Å². The molecule has 94 valence electrons. The molecule has 0 aliphatic carbocycles. The van der Waals surface area contributed by atoms with E-state index in [2.05, 4.69) is 53.4 Å². The van der Waals surface area contributed by atoms with Crippen LogP contribution >= 0.6 is 0 Å². The van der Waals surface area contributed by atoms with E-state index in [4.69, 9.17) is 0 Å². The van der Waals surface area contributed by atoms with E-state index in [1.54, 1.807) is 6.20 Å². The average Bonchev–Trinajstić information content (AvgIpc) is 2.37. The topological polar surface area (TPSA) is 37.8 Å². The standard InChI is InChI=1S/C15H19N3/c1-11-6-4-5-7-15(11)12(2)17-10-14-8-9-16-13(3)18-14/h4-9,12,17H,10H2,1-3H3. The zero-order valence-electron chi connectivity index (χ0n) is 11.1. The molecular weight excluding hydrogens is 222 g/mol. The molecule has 0 saturated heterocycles. The van der Waals surface area contributed by atoms with Crippen molar-refractivity contribution in [1.82, 2.24) is 15.3 Å². The third-order valence-corrected chi connectivity index (χ3v) is 3.08. The van der Waals surface area contributed by atoms with Gasteiger partial charge in [0, 0.05) is 18.8 Å². The van der Waals surface area contributed by atoms with Gasteiger partial charge in [-0.05, 0) is 38.0 Å². The van der Waals surface area contributed by atoms with E-state index in [9.17, 15) is 0 Å². The summed E-state index contributed by atoms with van der Waals surface area (Å²) in [6.07, 6.45) is 1.80. The van der Waals surface area contributed by atoms with Gasteiger partial charge in [-0.1, -0.05) is 24.3 Å². The minimum absolute atomic E-state index is 0.321. The average molecular weight is 241 g/mol. The van der Waals surface area contributed by atoms with Gasteiger partial charge < -0.3 is 5.32 Å². The third-order valence-electron chi connectivity index (χ3n) is 3.08. The molecule has 18 heavy (non-hydrogen) atoms. The molecule has 0 spiro atoms. The van der Waals surface area contributed by atoms with Crippen molar-refractivity contribution in [2.75, 3.05) is 0 Å². The molecular formula is C15H19N3. The zero-order chi connectivity index (χ0) is 13.0. The van der Waals surface area contributed by atoms with Crippen molar-refractivity contribution >= 4 is 0 Å². The summed E-state index contributed by atoms with van der Waals surface area (Å²) >= 11 is 0. The van der Waals surface area contributed by atoms with Crippen LogP contribution in [0.25, 0.3) is 0 Å². The van der Waals surface area contributed by atoms with E-state index in [-0.39, 0.29) is 0 Å². The zero-order valence-corrected chi connectivity index (χ0v) is 11.1. The van der Waals surface area contributed by atoms with Gasteiger partial charge in [0.25, 0.3) is 0 Å². The van der Waals surface area contributed by atoms with Crippen LogP contribution in [0, 0.1) is 13.8 Å². The van der Waals surface area contributed by atoms with Crippen molar-refractivity contribution in [1.29, 1.82) is 0 Å². The third kappa shape index (κ3) is 3.14. The number of nitrogens with one attached hydrogen (secondary N) is 1. The lowest BCUT2D eigenvalue weighted by Gasteiger charge is -2.16. The molecule has 1 aromatic carbocycles. The first-order chi connectivity index (χ1) is 8.66. The Kier molecular flexibility index (Phi) is 4.05. The van der Waals surface area contributed by atoms with Crippen molar-refractivity contribution < 1.29 is 0 Å². The molecule has 1 N–H and O–H groups in total. The quantitative estimate of drug-likeness (QED) is 0.894. The molecule has 2 aromatic rings. The molecule has 1 atom stereocenters. The van der Waals surface area contributed by atoms with Gasteiger partial charge >= 0.3 is 0 Å². The van der Waals surface area contributed by atoms with Gasteiger partial charge in [-0.2, -0.15) is 0 Å². The number of hydrogen-bond acceptors (Lipinski definition) is 3. The smallest absolute Gasteiger partial charge is 0.125 e. The maximum atomic E-state index is 4.39. The first-order valence-corrected chi connectivity index (χ1v) is 6.24. The molecule has 2 rings (SSSR count). The fourth-order valence-corrected chi connectivity index (χ4v) is 2.04. The second-order valence-electron chi connectivity index (χ2n) is 4.55. The van der Waals surface area contributed by atoms with E-state index in [0.29, 0.717) is 6.04 Å². The second-order valence-corrected chi connectivity index (χ2v) is 4.55. The summed E-state index contributed by atoms with van der Waals surface area (Å²) in [7, 11) is 0. The van der Waals surface area contributed by atoms with E-state index < -0.39 is 0 Å². The Hall–Kier alpha value is -1.74. The van der Waals surface area contributed by atoms with Gasteiger partial charge in [0.05, 0.1) is 5.69 Å². The van der Waals surface area contributed by atoms with Crippen molar-refractivity contribution in [2.45, 2.75) is 33.4 Å². The molecule has 0 fully saturated rings. The first kappa shape index (κ1) is 12.7. The second kappa shape index (κ2) is 5.74. The molecule has 1 heterocycles. The van der Waals surface area contributed by atoms with Crippen LogP contribution in [0.15, 0.2) is 36.5 Å². The Labute approximate surface area is 108 Å². The molecule has 1 aromatic heterocycles. The maximum absolute atomic E-state index is 4.39. The number of aromatic nitrogens is 2. The van der Waals surface area contributed by atoms with Crippen molar-refractivity contribution in [3.05, 3.63) is 59.2 Å². The monoisotopic (exact) mass is 241 g/mol. The van der Waals surface area contributed by atoms with Gasteiger partial charge in [0.1, 0.15) is 5.82 Å². The molecule has 1 unspecified atom stereocenters. The fourth-order valence-electron chi connectivity index (χ4n) is 2.04. The summed E-state index contributed by atoms with van der Waals surface area (Å²) < 4.78 is 0. The maximum Gasteiger partial charge on any atom is 0.125 e. The predicted octanol–water partition coefficient (Wildman–Crippen LogP) is 2.94. The number of benzene rings is 1. The number of hydrogen-bond donors (Lipinski definition) is 1. The van der Waals surface area contributed by atoms with E-state index in [0.717, 1.165) is 18.1 Å². The summed E-state index contributed by atoms with van der Waals surface area (Å²) in [5.41, 5.74) is 3.68. The summed E-state index contributed by atoms with van der Waals surface area (Å²) in [5, 5.41) is 3.49. The highest BCUT2D eigenvalue weighted by Gasteiger charge is 2.07. The summed E-state index contributed by atoms with van der Waals surface area (Å²) in [4.78, 5) is 8.49. The molecule has 3 heteroatoms. The van der Waals surface area contributed by atoms with Gasteiger partial charge in [0.2, 0.25) is 0 Å². The molecule has 0 amide bonds. The van der Waals surface area contributed by atoms with Gasteiger partial charge in [-0.3, -0.25) is 0 Å².